The van der Waals surface area contributed by atoms with E-state index in [1.165, 1.54) is 39.4 Å². The Bertz CT molecular complexity index is 1110. The molecule has 3 aliphatic rings. The third kappa shape index (κ3) is 2.15. The van der Waals surface area contributed by atoms with Crippen LogP contribution in [-0.2, 0) is 16.6 Å². The molecule has 1 fully saturated rings. The van der Waals surface area contributed by atoms with Gasteiger partial charge in [-0.3, -0.25) is 4.79 Å². The van der Waals surface area contributed by atoms with Crippen molar-refractivity contribution in [3.05, 3.63) is 83.9 Å². The lowest BCUT2D eigenvalue weighted by atomic mass is 9.62. The number of carbonyl (C=O) groups excluding carboxylic acids is 1. The van der Waals surface area contributed by atoms with Crippen molar-refractivity contribution in [3.63, 3.8) is 0 Å². The zero-order valence-electron chi connectivity index (χ0n) is 15.3. The lowest BCUT2D eigenvalue weighted by molar-refractivity contribution is -0.120. The number of rotatable bonds is 1. The van der Waals surface area contributed by atoms with Gasteiger partial charge in [0.2, 0.25) is 0 Å². The molecule has 3 aliphatic carbocycles. The monoisotopic (exact) mass is 350 g/mol. The Morgan fingerprint density at radius 1 is 0.926 bits per heavy atom. The Balaban J connectivity index is 1.60. The molecule has 1 saturated carbocycles. The van der Waals surface area contributed by atoms with Gasteiger partial charge in [0.05, 0.1) is 0 Å². The second-order valence-electron chi connectivity index (χ2n) is 8.64. The first-order valence-corrected chi connectivity index (χ1v) is 10.0. The number of carbonyl (C=O) groups is 1. The summed E-state index contributed by atoms with van der Waals surface area (Å²) in [6.45, 7) is 0. The summed E-state index contributed by atoms with van der Waals surface area (Å²) in [6, 6.07) is 21.9. The average molecular weight is 350 g/mol. The summed E-state index contributed by atoms with van der Waals surface area (Å²) >= 11 is 0. The zero-order chi connectivity index (χ0) is 18.0. The van der Waals surface area contributed by atoms with Crippen LogP contribution in [0.4, 0.5) is 0 Å². The van der Waals surface area contributed by atoms with Crippen LogP contribution in [0.2, 0.25) is 0 Å². The Morgan fingerprint density at radius 2 is 1.81 bits per heavy atom. The molecule has 3 aromatic rings. The standard InChI is InChI=1S/C26H22O/c27-22-12-20-13-24-19(7-4-8-23(24)18-5-2-1-3-6-18)14-25(20)26(16-22)15-17-9-10-21(26)11-17/h1-10,13-14,17,21H,11-12,15-16H2. The second-order valence-corrected chi connectivity index (χ2v) is 8.64. The van der Waals surface area contributed by atoms with Crippen molar-refractivity contribution in [2.75, 3.05) is 0 Å². The minimum absolute atomic E-state index is 0.0566. The normalized spacial score (nSPS) is 28.2. The molecular formula is C26H22O. The van der Waals surface area contributed by atoms with E-state index in [-0.39, 0.29) is 5.41 Å². The molecule has 3 aromatic carbocycles. The minimum atomic E-state index is 0.0566. The molecule has 2 bridgehead atoms. The van der Waals surface area contributed by atoms with Gasteiger partial charge in [-0.25, -0.2) is 0 Å². The lowest BCUT2D eigenvalue weighted by Crippen LogP contribution is -2.38. The molecule has 1 spiro atoms. The maximum absolute atomic E-state index is 12.7. The van der Waals surface area contributed by atoms with Gasteiger partial charge in [-0.05, 0) is 63.8 Å². The quantitative estimate of drug-likeness (QED) is 0.503. The smallest absolute Gasteiger partial charge is 0.138 e. The van der Waals surface area contributed by atoms with Crippen molar-refractivity contribution in [3.8, 4) is 11.1 Å². The highest BCUT2D eigenvalue weighted by molar-refractivity contribution is 5.99. The van der Waals surface area contributed by atoms with Crippen LogP contribution in [0, 0.1) is 11.8 Å². The van der Waals surface area contributed by atoms with Crippen LogP contribution in [-0.4, -0.2) is 5.78 Å². The van der Waals surface area contributed by atoms with Crippen LogP contribution in [0.5, 0.6) is 0 Å². The van der Waals surface area contributed by atoms with Crippen molar-refractivity contribution in [1.29, 1.82) is 0 Å². The average Bonchev–Trinajstić information content (AvgIpc) is 3.28. The molecule has 1 nitrogen and oxygen atoms in total. The van der Waals surface area contributed by atoms with Crippen LogP contribution in [0.15, 0.2) is 72.8 Å². The molecule has 0 aliphatic heterocycles. The summed E-state index contributed by atoms with van der Waals surface area (Å²) in [5.41, 5.74) is 5.28. The summed E-state index contributed by atoms with van der Waals surface area (Å²) in [5.74, 6) is 1.63. The zero-order valence-corrected chi connectivity index (χ0v) is 15.3. The molecule has 6 rings (SSSR count). The van der Waals surface area contributed by atoms with Gasteiger partial charge in [0.15, 0.2) is 0 Å². The van der Waals surface area contributed by atoms with Gasteiger partial charge in [-0.15, -0.1) is 0 Å². The highest BCUT2D eigenvalue weighted by Gasteiger charge is 2.52. The van der Waals surface area contributed by atoms with Crippen molar-refractivity contribution in [1.82, 2.24) is 0 Å². The largest absolute Gasteiger partial charge is 0.299 e. The summed E-state index contributed by atoms with van der Waals surface area (Å²) in [7, 11) is 0. The maximum atomic E-state index is 12.7. The summed E-state index contributed by atoms with van der Waals surface area (Å²) in [6.07, 6.45) is 8.47. The van der Waals surface area contributed by atoms with Crippen LogP contribution in [0.25, 0.3) is 21.9 Å². The molecule has 0 aromatic heterocycles. The van der Waals surface area contributed by atoms with Gasteiger partial charge < -0.3 is 0 Å². The first kappa shape index (κ1) is 15.4. The molecule has 132 valence electrons. The molecule has 0 heterocycles. The van der Waals surface area contributed by atoms with E-state index in [4.69, 9.17) is 0 Å². The Hall–Kier alpha value is -2.67. The lowest BCUT2D eigenvalue weighted by Gasteiger charge is -2.40. The first-order chi connectivity index (χ1) is 13.2. The van der Waals surface area contributed by atoms with E-state index in [1.807, 2.05) is 0 Å². The molecule has 27 heavy (non-hydrogen) atoms. The topological polar surface area (TPSA) is 17.1 Å². The van der Waals surface area contributed by atoms with Gasteiger partial charge in [-0.2, -0.15) is 0 Å². The van der Waals surface area contributed by atoms with E-state index < -0.39 is 0 Å². The van der Waals surface area contributed by atoms with Gasteiger partial charge >= 0.3 is 0 Å². The van der Waals surface area contributed by atoms with E-state index in [0.29, 0.717) is 24.0 Å². The summed E-state index contributed by atoms with van der Waals surface area (Å²) in [5, 5.41) is 2.57. The molecule has 3 atom stereocenters. The Kier molecular flexibility index (Phi) is 3.09. The summed E-state index contributed by atoms with van der Waals surface area (Å²) in [4.78, 5) is 12.7. The fourth-order valence-electron chi connectivity index (χ4n) is 6.04. The highest BCUT2D eigenvalue weighted by atomic mass is 16.1. The third-order valence-corrected chi connectivity index (χ3v) is 7.13. The minimum Gasteiger partial charge on any atom is -0.299 e. The van der Waals surface area contributed by atoms with Gasteiger partial charge in [0.1, 0.15) is 5.78 Å². The second kappa shape index (κ2) is 5.42. The fraction of sp³-hybridized carbons (Fsp3) is 0.269. The van der Waals surface area contributed by atoms with Gasteiger partial charge in [-0.1, -0.05) is 66.7 Å². The van der Waals surface area contributed by atoms with E-state index in [0.717, 1.165) is 12.8 Å². The summed E-state index contributed by atoms with van der Waals surface area (Å²) < 4.78 is 0. The van der Waals surface area contributed by atoms with E-state index >= 15 is 0 Å². The van der Waals surface area contributed by atoms with Crippen molar-refractivity contribution >= 4 is 16.6 Å². The van der Waals surface area contributed by atoms with Crippen molar-refractivity contribution in [2.24, 2.45) is 11.8 Å². The first-order valence-electron chi connectivity index (χ1n) is 10.0. The number of hydrogen-bond acceptors (Lipinski definition) is 1. The van der Waals surface area contributed by atoms with Crippen LogP contribution in [0.3, 0.4) is 0 Å². The number of allylic oxidation sites excluding steroid dienone is 2. The SMILES string of the molecule is O=C1Cc2cc3c(-c4ccccc4)cccc3cc2C2(C1)CC1C=CC2C1. The van der Waals surface area contributed by atoms with Gasteiger partial charge in [0, 0.05) is 18.3 Å². The number of hydrogen-bond donors (Lipinski definition) is 0. The highest BCUT2D eigenvalue weighted by Crippen LogP contribution is 2.58. The van der Waals surface area contributed by atoms with Crippen molar-refractivity contribution < 1.29 is 4.79 Å². The maximum Gasteiger partial charge on any atom is 0.138 e. The molecule has 0 saturated heterocycles. The van der Waals surface area contributed by atoms with E-state index in [1.54, 1.807) is 0 Å². The number of benzene rings is 3. The molecular weight excluding hydrogens is 328 g/mol. The Labute approximate surface area is 159 Å². The van der Waals surface area contributed by atoms with E-state index in [2.05, 4.69) is 72.8 Å². The number of fused-ring (bicyclic) bond motifs is 6. The van der Waals surface area contributed by atoms with Gasteiger partial charge in [0.25, 0.3) is 0 Å². The third-order valence-electron chi connectivity index (χ3n) is 7.13. The predicted molar refractivity (Wildman–Crippen MR) is 110 cm³/mol. The van der Waals surface area contributed by atoms with Crippen LogP contribution >= 0.6 is 0 Å². The van der Waals surface area contributed by atoms with Crippen LogP contribution in [0.1, 0.15) is 30.4 Å². The number of Topliss-reactive ketones (excluding diaryl/α,β-unsaturated/α-hetero) is 1. The molecule has 0 N–H and O–H groups in total. The Morgan fingerprint density at radius 3 is 2.59 bits per heavy atom. The fourth-order valence-corrected chi connectivity index (χ4v) is 6.04. The van der Waals surface area contributed by atoms with Crippen LogP contribution < -0.4 is 0 Å². The predicted octanol–water partition coefficient (Wildman–Crippen LogP) is 5.86. The molecule has 0 amide bonds. The molecule has 3 unspecified atom stereocenters. The molecule has 0 radical (unpaired) electrons. The molecule has 1 heteroatoms. The van der Waals surface area contributed by atoms with E-state index in [9.17, 15) is 4.79 Å². The van der Waals surface area contributed by atoms with Crippen molar-refractivity contribution in [2.45, 2.75) is 31.1 Å². The number of ketones is 1.